The Hall–Kier alpha value is -1.84. The van der Waals surface area contributed by atoms with Crippen molar-refractivity contribution in [3.63, 3.8) is 0 Å². The van der Waals surface area contributed by atoms with Gasteiger partial charge in [0.15, 0.2) is 0 Å². The van der Waals surface area contributed by atoms with Crippen LogP contribution in [0.5, 0.6) is 0 Å². The molecular weight excluding hydrogens is 314 g/mol. The fourth-order valence-corrected chi connectivity index (χ4v) is 4.32. The summed E-state index contributed by atoms with van der Waals surface area (Å²) in [6.45, 7) is 5.68. The van der Waals surface area contributed by atoms with Crippen LogP contribution in [0.1, 0.15) is 56.7 Å². The van der Waals surface area contributed by atoms with Gasteiger partial charge in [0.25, 0.3) is 0 Å². The molecular formula is C21H29NO3. The third-order valence-electron chi connectivity index (χ3n) is 5.39. The Morgan fingerprint density at radius 2 is 1.88 bits per heavy atom. The minimum Gasteiger partial charge on any atom is -0.444 e. The first-order chi connectivity index (χ1) is 11.9. The molecule has 4 heteroatoms. The molecule has 2 aliphatic carbocycles. The number of amides is 1. The van der Waals surface area contributed by atoms with Crippen LogP contribution in [0.25, 0.3) is 0 Å². The number of hydrogen-bond acceptors (Lipinski definition) is 3. The average Bonchev–Trinajstić information content (AvgIpc) is 2.78. The summed E-state index contributed by atoms with van der Waals surface area (Å²) in [6.07, 6.45) is 6.40. The fourth-order valence-electron chi connectivity index (χ4n) is 4.32. The summed E-state index contributed by atoms with van der Waals surface area (Å²) in [5, 5.41) is 3.15. The van der Waals surface area contributed by atoms with Gasteiger partial charge in [-0.05, 0) is 81.4 Å². The smallest absolute Gasteiger partial charge is 0.407 e. The summed E-state index contributed by atoms with van der Waals surface area (Å²) < 4.78 is 5.46. The maximum atomic E-state index is 12.2. The largest absolute Gasteiger partial charge is 0.444 e. The zero-order chi connectivity index (χ0) is 18.0. The average molecular weight is 343 g/mol. The molecule has 136 valence electrons. The number of benzene rings is 1. The van der Waals surface area contributed by atoms with Gasteiger partial charge in [0, 0.05) is 12.5 Å². The minimum atomic E-state index is -0.468. The molecule has 1 fully saturated rings. The van der Waals surface area contributed by atoms with E-state index in [4.69, 9.17) is 4.74 Å². The van der Waals surface area contributed by atoms with Crippen molar-refractivity contribution in [3.05, 3.63) is 34.9 Å². The number of rotatable bonds is 4. The molecule has 1 aromatic rings. The highest BCUT2D eigenvalue weighted by molar-refractivity contribution is 5.68. The van der Waals surface area contributed by atoms with Crippen LogP contribution in [0.15, 0.2) is 18.2 Å². The molecule has 2 bridgehead atoms. The summed E-state index contributed by atoms with van der Waals surface area (Å²) in [6, 6.07) is 6.84. The Morgan fingerprint density at radius 1 is 1.20 bits per heavy atom. The topological polar surface area (TPSA) is 55.4 Å². The van der Waals surface area contributed by atoms with Crippen LogP contribution in [-0.4, -0.2) is 24.0 Å². The maximum Gasteiger partial charge on any atom is 0.407 e. The van der Waals surface area contributed by atoms with E-state index in [0.29, 0.717) is 18.3 Å². The molecule has 4 nitrogen and oxygen atoms in total. The molecule has 3 unspecified atom stereocenters. The SMILES string of the molecule is CC(C)(C)OC(=O)NC1C2CCC1Cc1cc(CCC=O)ccc1C2. The van der Waals surface area contributed by atoms with Crippen LogP contribution >= 0.6 is 0 Å². The normalized spacial score (nSPS) is 25.0. The molecule has 1 amide bonds. The standard InChI is InChI=1S/C21H29NO3/c1-21(2,3)25-20(24)22-19-16-8-9-17(19)13-18-11-14(5-4-10-23)6-7-15(18)12-16/h6-7,10-11,16-17,19H,4-5,8-9,12-13H2,1-3H3,(H,22,24). The number of aldehydes is 1. The predicted octanol–water partition coefficient (Wildman–Crippen LogP) is 3.84. The molecule has 2 aliphatic rings. The number of ether oxygens (including phenoxy) is 1. The van der Waals surface area contributed by atoms with Gasteiger partial charge >= 0.3 is 6.09 Å². The van der Waals surface area contributed by atoms with Crippen molar-refractivity contribution in [1.29, 1.82) is 0 Å². The lowest BCUT2D eigenvalue weighted by Crippen LogP contribution is -2.44. The monoisotopic (exact) mass is 343 g/mol. The lowest BCUT2D eigenvalue weighted by Gasteiger charge is -2.26. The molecule has 25 heavy (non-hydrogen) atoms. The van der Waals surface area contributed by atoms with Crippen LogP contribution in [-0.2, 0) is 28.8 Å². The Kier molecular flexibility index (Phi) is 5.16. The van der Waals surface area contributed by atoms with Crippen LogP contribution in [0.3, 0.4) is 0 Å². The summed E-state index contributed by atoms with van der Waals surface area (Å²) >= 11 is 0. The van der Waals surface area contributed by atoms with E-state index in [1.807, 2.05) is 20.8 Å². The second-order valence-electron chi connectivity index (χ2n) is 8.49. The highest BCUT2D eigenvalue weighted by Crippen LogP contribution is 2.40. The zero-order valence-corrected chi connectivity index (χ0v) is 15.5. The highest BCUT2D eigenvalue weighted by atomic mass is 16.6. The van der Waals surface area contributed by atoms with Crippen molar-refractivity contribution >= 4 is 12.4 Å². The van der Waals surface area contributed by atoms with Crippen LogP contribution in [0.4, 0.5) is 4.79 Å². The second kappa shape index (κ2) is 7.19. The zero-order valence-electron chi connectivity index (χ0n) is 15.5. The molecule has 3 atom stereocenters. The first kappa shape index (κ1) is 18.0. The Morgan fingerprint density at radius 3 is 2.52 bits per heavy atom. The first-order valence-corrected chi connectivity index (χ1v) is 9.39. The van der Waals surface area contributed by atoms with Crippen LogP contribution < -0.4 is 5.32 Å². The van der Waals surface area contributed by atoms with E-state index in [2.05, 4.69) is 23.5 Å². The van der Waals surface area contributed by atoms with E-state index in [0.717, 1.165) is 38.4 Å². The van der Waals surface area contributed by atoms with Gasteiger partial charge in [0.1, 0.15) is 11.9 Å². The van der Waals surface area contributed by atoms with Gasteiger partial charge in [0.2, 0.25) is 0 Å². The molecule has 0 radical (unpaired) electrons. The van der Waals surface area contributed by atoms with Crippen molar-refractivity contribution in [2.24, 2.45) is 11.8 Å². The van der Waals surface area contributed by atoms with Crippen molar-refractivity contribution in [1.82, 2.24) is 5.32 Å². The number of nitrogens with one attached hydrogen (secondary N) is 1. The Balaban J connectivity index is 1.72. The number of hydrogen-bond donors (Lipinski definition) is 1. The molecule has 0 spiro atoms. The number of carbonyl (C=O) groups is 2. The lowest BCUT2D eigenvalue weighted by atomic mass is 9.91. The summed E-state index contributed by atoms with van der Waals surface area (Å²) in [4.78, 5) is 22.9. The minimum absolute atomic E-state index is 0.195. The van der Waals surface area contributed by atoms with E-state index < -0.39 is 5.60 Å². The highest BCUT2D eigenvalue weighted by Gasteiger charge is 2.40. The van der Waals surface area contributed by atoms with E-state index in [-0.39, 0.29) is 12.1 Å². The molecule has 0 aromatic heterocycles. The van der Waals surface area contributed by atoms with E-state index >= 15 is 0 Å². The van der Waals surface area contributed by atoms with Crippen molar-refractivity contribution in [3.8, 4) is 0 Å². The molecule has 0 saturated heterocycles. The van der Waals surface area contributed by atoms with Crippen LogP contribution in [0.2, 0.25) is 0 Å². The summed E-state index contributed by atoms with van der Waals surface area (Å²) in [7, 11) is 0. The molecule has 0 heterocycles. The van der Waals surface area contributed by atoms with E-state index in [9.17, 15) is 9.59 Å². The third-order valence-corrected chi connectivity index (χ3v) is 5.39. The Labute approximate surface area is 150 Å². The molecule has 0 aliphatic heterocycles. The summed E-state index contributed by atoms with van der Waals surface area (Å²) in [5.41, 5.74) is 3.56. The quantitative estimate of drug-likeness (QED) is 0.845. The summed E-state index contributed by atoms with van der Waals surface area (Å²) in [5.74, 6) is 0.958. The van der Waals surface area contributed by atoms with Gasteiger partial charge in [-0.25, -0.2) is 4.79 Å². The van der Waals surface area contributed by atoms with Crippen molar-refractivity contribution in [2.45, 2.75) is 70.9 Å². The van der Waals surface area contributed by atoms with Gasteiger partial charge in [0.05, 0.1) is 0 Å². The van der Waals surface area contributed by atoms with E-state index in [1.54, 1.807) is 0 Å². The van der Waals surface area contributed by atoms with Gasteiger partial charge < -0.3 is 14.8 Å². The fraction of sp³-hybridized carbons (Fsp3) is 0.619. The molecule has 1 saturated carbocycles. The van der Waals surface area contributed by atoms with Crippen molar-refractivity contribution < 1.29 is 14.3 Å². The first-order valence-electron chi connectivity index (χ1n) is 9.39. The van der Waals surface area contributed by atoms with E-state index in [1.165, 1.54) is 16.7 Å². The van der Waals surface area contributed by atoms with Gasteiger partial charge in [-0.3, -0.25) is 0 Å². The predicted molar refractivity (Wildman–Crippen MR) is 97.6 cm³/mol. The van der Waals surface area contributed by atoms with Crippen molar-refractivity contribution in [2.75, 3.05) is 0 Å². The molecule has 1 N–H and O–H groups in total. The second-order valence-corrected chi connectivity index (χ2v) is 8.49. The number of aryl methyl sites for hydroxylation is 1. The van der Waals surface area contributed by atoms with Gasteiger partial charge in [-0.1, -0.05) is 18.2 Å². The van der Waals surface area contributed by atoms with Gasteiger partial charge in [-0.15, -0.1) is 0 Å². The van der Waals surface area contributed by atoms with Gasteiger partial charge in [-0.2, -0.15) is 0 Å². The third kappa shape index (κ3) is 4.42. The number of carbonyl (C=O) groups excluding carboxylic acids is 2. The Bertz CT molecular complexity index is 647. The number of alkyl carbamates (subject to hydrolysis) is 1. The molecule has 3 rings (SSSR count). The van der Waals surface area contributed by atoms with Crippen LogP contribution in [0, 0.1) is 11.8 Å². The number of fused-ring (bicyclic) bond motifs is 3. The lowest BCUT2D eigenvalue weighted by molar-refractivity contribution is -0.107. The maximum absolute atomic E-state index is 12.2. The molecule has 1 aromatic carbocycles.